The van der Waals surface area contributed by atoms with Gasteiger partial charge in [-0.3, -0.25) is 0 Å². The van der Waals surface area contributed by atoms with Crippen molar-refractivity contribution in [2.75, 3.05) is 0 Å². The monoisotopic (exact) mass is 67.1 g/mol. The van der Waals surface area contributed by atoms with Crippen LogP contribution in [0.2, 0.25) is 0 Å². The van der Waals surface area contributed by atoms with E-state index in [1.165, 1.54) is 0 Å². The molecular formula is C4H8B. The summed E-state index contributed by atoms with van der Waals surface area (Å²) in [5, 5.41) is 0. The van der Waals surface area contributed by atoms with Crippen LogP contribution in [0.4, 0.5) is 0 Å². The van der Waals surface area contributed by atoms with Gasteiger partial charge in [-0.1, -0.05) is 0 Å². The zero-order valence-corrected chi connectivity index (χ0v) is 3.78. The molecule has 0 saturated heterocycles. The maximum atomic E-state index is 5.21. The second kappa shape index (κ2) is 2.19. The molecule has 0 aliphatic carbocycles. The molecule has 0 unspecified atom stereocenters. The van der Waals surface area contributed by atoms with Crippen LogP contribution < -0.4 is 0 Å². The van der Waals surface area contributed by atoms with Gasteiger partial charge < -0.3 is 0 Å². The molecule has 0 rings (SSSR count). The summed E-state index contributed by atoms with van der Waals surface area (Å²) in [5.74, 6) is 0. The maximum absolute atomic E-state index is 5.21. The van der Waals surface area contributed by atoms with Gasteiger partial charge in [0.15, 0.2) is 0 Å². The van der Waals surface area contributed by atoms with Crippen LogP contribution in [0, 0.1) is 0 Å². The van der Waals surface area contributed by atoms with Crippen molar-refractivity contribution >= 4 is 13.0 Å². The van der Waals surface area contributed by atoms with Crippen LogP contribution in [0.15, 0.2) is 0 Å². The molecule has 0 nitrogen and oxygen atoms in total. The minimum atomic E-state index is 1.00. The van der Waals surface area contributed by atoms with Gasteiger partial charge in [0.05, 0.1) is 0 Å². The van der Waals surface area contributed by atoms with Gasteiger partial charge >= 0.3 is 33.2 Å². The van der Waals surface area contributed by atoms with E-state index in [-0.39, 0.29) is 0 Å². The van der Waals surface area contributed by atoms with E-state index in [1.807, 2.05) is 13.8 Å². The van der Waals surface area contributed by atoms with E-state index >= 15 is 0 Å². The first-order valence-corrected chi connectivity index (χ1v) is 1.85. The number of rotatable bonds is 1. The van der Waals surface area contributed by atoms with Gasteiger partial charge in [-0.05, 0) is 0 Å². The molecule has 1 heteroatoms. The quantitative estimate of drug-likeness (QED) is 0.397. The summed E-state index contributed by atoms with van der Waals surface area (Å²) >= 11 is 0. The van der Waals surface area contributed by atoms with Crippen LogP contribution in [-0.4, -0.2) is 13.0 Å². The fraction of sp³-hybridized carbons (Fsp3) is 0.750. The fourth-order valence-electron chi connectivity index (χ4n) is 0. The molecular weight excluding hydrogens is 58.9 g/mol. The van der Waals surface area contributed by atoms with E-state index in [0.717, 1.165) is 11.9 Å². The molecule has 0 atom stereocenters. The Bertz CT molecular complexity index is 38.9. The van der Waals surface area contributed by atoms with Crippen molar-refractivity contribution in [3.8, 4) is 0 Å². The van der Waals surface area contributed by atoms with E-state index in [4.69, 9.17) is 7.49 Å². The molecule has 0 aromatic carbocycles. The standard InChI is InChI=1S/C4H8B/c1-3-4(2)5/h3H2,1-2H3. The molecule has 0 aliphatic heterocycles. The Morgan fingerprint density at radius 3 is 2.00 bits per heavy atom. The van der Waals surface area contributed by atoms with Crippen molar-refractivity contribution < 1.29 is 0 Å². The van der Waals surface area contributed by atoms with Crippen LogP contribution in [-0.2, 0) is 0 Å². The molecule has 0 saturated carbocycles. The van der Waals surface area contributed by atoms with E-state index in [1.54, 1.807) is 0 Å². The van der Waals surface area contributed by atoms with E-state index in [2.05, 4.69) is 0 Å². The number of hydrogen-bond acceptors (Lipinski definition) is 0. The summed E-state index contributed by atoms with van der Waals surface area (Å²) in [4.78, 5) is 0. The molecule has 0 bridgehead atoms. The Morgan fingerprint density at radius 1 is 1.80 bits per heavy atom. The average molecular weight is 66.9 g/mol. The number of hydrogen-bond donors (Lipinski definition) is 0. The van der Waals surface area contributed by atoms with Gasteiger partial charge in [-0.15, -0.1) is 0 Å². The topological polar surface area (TPSA) is 0 Å². The molecule has 5 heavy (non-hydrogen) atoms. The fourth-order valence-corrected chi connectivity index (χ4v) is 0. The molecule has 0 amide bonds. The Labute approximate surface area is 34.3 Å². The normalized spacial score (nSPS) is 7.40. The molecule has 1 radical (unpaired) electrons. The SMILES string of the molecule is [B]=C(C)CC. The minimum absolute atomic E-state index is 1.00. The van der Waals surface area contributed by atoms with Crippen molar-refractivity contribution in [3.63, 3.8) is 0 Å². The zero-order chi connectivity index (χ0) is 4.28. The summed E-state index contributed by atoms with van der Waals surface area (Å²) in [7, 11) is 5.21. The summed E-state index contributed by atoms with van der Waals surface area (Å²) < 4.78 is 0. The van der Waals surface area contributed by atoms with Crippen LogP contribution in [0.5, 0.6) is 0 Å². The van der Waals surface area contributed by atoms with Crippen LogP contribution in [0.3, 0.4) is 0 Å². The Kier molecular flexibility index (Phi) is 2.16. The van der Waals surface area contributed by atoms with Crippen molar-refractivity contribution in [2.45, 2.75) is 20.3 Å². The predicted molar refractivity (Wildman–Crippen MR) is 26.7 cm³/mol. The second-order valence-electron chi connectivity index (χ2n) is 1.20. The first-order valence-electron chi connectivity index (χ1n) is 1.85. The molecule has 27 valence electrons. The van der Waals surface area contributed by atoms with Gasteiger partial charge in [-0.25, -0.2) is 0 Å². The molecule has 0 fully saturated rings. The third kappa shape index (κ3) is 3.93. The van der Waals surface area contributed by atoms with Crippen LogP contribution >= 0.6 is 0 Å². The summed E-state index contributed by atoms with van der Waals surface area (Å²) in [6.07, 6.45) is 1.00. The molecule has 0 heterocycles. The predicted octanol–water partition coefficient (Wildman–Crippen LogP) is 0.757. The molecule has 0 aromatic heterocycles. The average Bonchev–Trinajstić information content (AvgIpc) is 1.38. The molecule has 0 N–H and O–H groups in total. The first kappa shape index (κ1) is 4.93. The van der Waals surface area contributed by atoms with Crippen molar-refractivity contribution in [1.29, 1.82) is 0 Å². The Hall–Kier alpha value is -0.0651. The van der Waals surface area contributed by atoms with E-state index in [0.29, 0.717) is 0 Å². The van der Waals surface area contributed by atoms with Gasteiger partial charge in [0.2, 0.25) is 0 Å². The third-order valence-electron chi connectivity index (χ3n) is 0.558. The van der Waals surface area contributed by atoms with Crippen LogP contribution in [0.25, 0.3) is 0 Å². The van der Waals surface area contributed by atoms with E-state index < -0.39 is 0 Å². The second-order valence-corrected chi connectivity index (χ2v) is 1.20. The molecule has 0 aromatic rings. The molecule has 0 aliphatic rings. The Balaban J connectivity index is 2.85. The van der Waals surface area contributed by atoms with Crippen molar-refractivity contribution in [3.05, 3.63) is 0 Å². The van der Waals surface area contributed by atoms with Crippen molar-refractivity contribution in [1.82, 2.24) is 0 Å². The van der Waals surface area contributed by atoms with Gasteiger partial charge in [0, 0.05) is 0 Å². The zero-order valence-electron chi connectivity index (χ0n) is 3.78. The molecule has 0 spiro atoms. The van der Waals surface area contributed by atoms with Gasteiger partial charge in [-0.2, -0.15) is 0 Å². The third-order valence-corrected chi connectivity index (χ3v) is 0.558. The van der Waals surface area contributed by atoms with Crippen molar-refractivity contribution in [2.24, 2.45) is 0 Å². The van der Waals surface area contributed by atoms with Gasteiger partial charge in [0.1, 0.15) is 0 Å². The first-order chi connectivity index (χ1) is 2.27. The summed E-state index contributed by atoms with van der Waals surface area (Å²) in [6.45, 7) is 3.95. The van der Waals surface area contributed by atoms with Crippen LogP contribution in [0.1, 0.15) is 20.3 Å². The summed E-state index contributed by atoms with van der Waals surface area (Å²) in [6, 6.07) is 0. The van der Waals surface area contributed by atoms with E-state index in [9.17, 15) is 0 Å². The summed E-state index contributed by atoms with van der Waals surface area (Å²) in [5.41, 5.74) is 1.00. The Morgan fingerprint density at radius 2 is 2.00 bits per heavy atom. The van der Waals surface area contributed by atoms with Gasteiger partial charge in [0.25, 0.3) is 0 Å².